The maximum atomic E-state index is 10.8. The quantitative estimate of drug-likeness (QED) is 0.306. The third kappa shape index (κ3) is 15.2. The van der Waals surface area contributed by atoms with Gasteiger partial charge in [-0.3, -0.25) is 0 Å². The van der Waals surface area contributed by atoms with Crippen LogP contribution in [0, 0.1) is 0 Å². The van der Waals surface area contributed by atoms with E-state index >= 15 is 0 Å². The summed E-state index contributed by atoms with van der Waals surface area (Å²) in [5, 5.41) is 14.1. The zero-order chi connectivity index (χ0) is 20.7. The van der Waals surface area contributed by atoms with Crippen LogP contribution in [0.2, 0.25) is 25.2 Å². The molecule has 0 fully saturated rings. The fourth-order valence-electron chi connectivity index (χ4n) is 3.72. The Hall–Kier alpha value is -0.293. The summed E-state index contributed by atoms with van der Waals surface area (Å²) in [4.78, 5) is 10.8. The largest absolute Gasteiger partial charge is 1.00 e. The number of carboxylic acid groups (broad SMARTS) is 1. The second kappa shape index (κ2) is 17.4. The molecule has 0 saturated heterocycles. The van der Waals surface area contributed by atoms with Crippen molar-refractivity contribution in [3.63, 3.8) is 0 Å². The second-order valence-electron chi connectivity index (χ2n) is 8.99. The molecule has 0 aliphatic rings. The molecule has 1 rings (SSSR count). The van der Waals surface area contributed by atoms with E-state index in [9.17, 15) is 9.90 Å². The van der Waals surface area contributed by atoms with E-state index in [-0.39, 0.29) is 35.1 Å². The van der Waals surface area contributed by atoms with Crippen molar-refractivity contribution in [3.8, 4) is 0 Å². The maximum absolute atomic E-state index is 10.8. The van der Waals surface area contributed by atoms with Gasteiger partial charge in [0.2, 0.25) is 0 Å². The molecule has 5 heteroatoms. The van der Waals surface area contributed by atoms with Crippen molar-refractivity contribution in [2.45, 2.75) is 103 Å². The molecule has 0 aliphatic carbocycles. The number of benzene rings is 1. The minimum absolute atomic E-state index is 0. The molecule has 0 aromatic heterocycles. The van der Waals surface area contributed by atoms with E-state index in [1.54, 1.807) is 12.1 Å². The molecule has 160 valence electrons. The molecule has 0 amide bonds. The van der Waals surface area contributed by atoms with E-state index in [1.165, 1.54) is 82.7 Å². The minimum atomic E-state index is -1.12. The third-order valence-corrected chi connectivity index (χ3v) is 9.10. The third-order valence-electron chi connectivity index (χ3n) is 5.69. The monoisotopic (exact) mass is 427 g/mol. The standard InChI is InChI=1S/C24H43NO2Si.Na/c1-4-5-6-7-8-9-10-11-13-20-28(2,3)21-14-12-19-25-23-17-15-22(16-18-23)24(26)27;/h15-18,25H,4-14,19-21H2,1-3H3,(H,26,27);/q;+1/p-1. The first-order valence-electron chi connectivity index (χ1n) is 11.5. The number of hydrogen-bond acceptors (Lipinski definition) is 3. The van der Waals surface area contributed by atoms with Crippen LogP contribution in [0.3, 0.4) is 0 Å². The van der Waals surface area contributed by atoms with Crippen molar-refractivity contribution < 1.29 is 39.5 Å². The zero-order valence-corrected chi connectivity index (χ0v) is 22.5. The van der Waals surface area contributed by atoms with Crippen LogP contribution in [-0.4, -0.2) is 20.6 Å². The van der Waals surface area contributed by atoms with Gasteiger partial charge in [-0.25, -0.2) is 0 Å². The Kier molecular flexibility index (Phi) is 17.2. The molecule has 3 nitrogen and oxygen atoms in total. The van der Waals surface area contributed by atoms with Gasteiger partial charge in [0.1, 0.15) is 0 Å². The average Bonchev–Trinajstić information content (AvgIpc) is 2.66. The summed E-state index contributed by atoms with van der Waals surface area (Å²) in [6, 6.07) is 9.70. The van der Waals surface area contributed by atoms with E-state index in [0.29, 0.717) is 0 Å². The summed E-state index contributed by atoms with van der Waals surface area (Å²) in [7, 11) is -1.04. The first-order valence-corrected chi connectivity index (χ1v) is 14.9. The fourth-order valence-corrected chi connectivity index (χ4v) is 6.39. The Morgan fingerprint density at radius 1 is 0.828 bits per heavy atom. The predicted octanol–water partition coefficient (Wildman–Crippen LogP) is 3.49. The van der Waals surface area contributed by atoms with E-state index in [1.807, 2.05) is 12.1 Å². The number of unbranched alkanes of at least 4 members (excludes halogenated alkanes) is 9. The van der Waals surface area contributed by atoms with E-state index < -0.39 is 14.0 Å². The van der Waals surface area contributed by atoms with E-state index in [2.05, 4.69) is 25.3 Å². The summed E-state index contributed by atoms with van der Waals surface area (Å²) in [6.45, 7) is 8.32. The Morgan fingerprint density at radius 2 is 1.31 bits per heavy atom. The van der Waals surface area contributed by atoms with Crippen LogP contribution in [0.5, 0.6) is 0 Å². The molecule has 0 aliphatic heterocycles. The summed E-state index contributed by atoms with van der Waals surface area (Å²) in [5.41, 5.74) is 1.21. The normalized spacial score (nSPS) is 11.1. The Bertz CT molecular complexity index is 534. The molecule has 29 heavy (non-hydrogen) atoms. The van der Waals surface area contributed by atoms with Gasteiger partial charge in [-0.1, -0.05) is 108 Å². The molecule has 0 saturated carbocycles. The molecule has 0 spiro atoms. The zero-order valence-electron chi connectivity index (χ0n) is 19.5. The van der Waals surface area contributed by atoms with Crippen molar-refractivity contribution in [3.05, 3.63) is 29.8 Å². The minimum Gasteiger partial charge on any atom is -0.545 e. The molecule has 1 aromatic rings. The van der Waals surface area contributed by atoms with Crippen LogP contribution in [0.15, 0.2) is 24.3 Å². The van der Waals surface area contributed by atoms with Crippen molar-refractivity contribution in [2.75, 3.05) is 11.9 Å². The van der Waals surface area contributed by atoms with Gasteiger partial charge in [0.15, 0.2) is 0 Å². The number of carbonyl (C=O) groups is 1. The average molecular weight is 428 g/mol. The number of anilines is 1. The summed E-state index contributed by atoms with van der Waals surface area (Å²) >= 11 is 0. The number of rotatable bonds is 17. The van der Waals surface area contributed by atoms with Gasteiger partial charge in [0.25, 0.3) is 0 Å². The van der Waals surface area contributed by atoms with Crippen molar-refractivity contribution in [1.29, 1.82) is 0 Å². The Labute approximate surface area is 202 Å². The molecular weight excluding hydrogens is 385 g/mol. The Balaban J connectivity index is 0.00000784. The van der Waals surface area contributed by atoms with E-state index in [0.717, 1.165) is 12.2 Å². The van der Waals surface area contributed by atoms with E-state index in [4.69, 9.17) is 0 Å². The molecule has 0 atom stereocenters. The number of carbonyl (C=O) groups excluding carboxylic acids is 1. The van der Waals surface area contributed by atoms with Gasteiger partial charge in [-0.2, -0.15) is 0 Å². The van der Waals surface area contributed by atoms with Gasteiger partial charge in [-0.15, -0.1) is 0 Å². The predicted molar refractivity (Wildman–Crippen MR) is 123 cm³/mol. The van der Waals surface area contributed by atoms with Crippen molar-refractivity contribution >= 4 is 19.7 Å². The van der Waals surface area contributed by atoms with Crippen LogP contribution in [0.4, 0.5) is 5.69 Å². The molecule has 1 aromatic carbocycles. The molecule has 0 bridgehead atoms. The Morgan fingerprint density at radius 3 is 1.83 bits per heavy atom. The van der Waals surface area contributed by atoms with Crippen molar-refractivity contribution in [2.24, 2.45) is 0 Å². The SMILES string of the molecule is CCCCCCCCCCC[Si](C)(C)CCCCNc1ccc(C(=O)[O-])cc1.[Na+]. The van der Waals surface area contributed by atoms with Gasteiger partial charge in [0, 0.05) is 20.3 Å². The topological polar surface area (TPSA) is 52.2 Å². The van der Waals surface area contributed by atoms with Crippen LogP contribution in [0.1, 0.15) is 87.9 Å². The number of nitrogens with one attached hydrogen (secondary N) is 1. The van der Waals surface area contributed by atoms with Crippen LogP contribution in [0.25, 0.3) is 0 Å². The maximum Gasteiger partial charge on any atom is 1.00 e. The first-order chi connectivity index (χ1) is 13.4. The second-order valence-corrected chi connectivity index (χ2v) is 14.3. The van der Waals surface area contributed by atoms with Gasteiger partial charge in [-0.05, 0) is 24.1 Å². The van der Waals surface area contributed by atoms with Gasteiger partial charge >= 0.3 is 29.6 Å². The smallest absolute Gasteiger partial charge is 0.545 e. The molecule has 0 heterocycles. The van der Waals surface area contributed by atoms with Crippen molar-refractivity contribution in [1.82, 2.24) is 0 Å². The molecule has 0 radical (unpaired) electrons. The summed E-state index contributed by atoms with van der Waals surface area (Å²) in [5.74, 6) is -1.12. The fraction of sp³-hybridized carbons (Fsp3) is 0.708. The molecular formula is C24H42NNaO2Si. The molecule has 1 N–H and O–H groups in total. The molecule has 0 unspecified atom stereocenters. The number of carboxylic acids is 1. The number of hydrogen-bond donors (Lipinski definition) is 1. The van der Waals surface area contributed by atoms with Gasteiger partial charge in [0.05, 0.1) is 5.97 Å². The van der Waals surface area contributed by atoms with Gasteiger partial charge < -0.3 is 15.2 Å². The summed E-state index contributed by atoms with van der Waals surface area (Å²) < 4.78 is 0. The summed E-state index contributed by atoms with van der Waals surface area (Å²) in [6.07, 6.45) is 15.2. The first kappa shape index (κ1) is 28.7. The van der Waals surface area contributed by atoms with Crippen LogP contribution < -0.4 is 40.0 Å². The number of aromatic carboxylic acids is 1. The van der Waals surface area contributed by atoms with Crippen LogP contribution in [-0.2, 0) is 0 Å². The van der Waals surface area contributed by atoms with Crippen LogP contribution >= 0.6 is 0 Å².